The first-order chi connectivity index (χ1) is 16.1. The molecule has 1 atom stereocenters. The lowest BCUT2D eigenvalue weighted by molar-refractivity contribution is 0.155. The molecule has 0 amide bonds. The van der Waals surface area contributed by atoms with Crippen LogP contribution in [0.1, 0.15) is 17.5 Å². The van der Waals surface area contributed by atoms with Crippen molar-refractivity contribution in [3.8, 4) is 11.5 Å². The first kappa shape index (κ1) is 22.8. The van der Waals surface area contributed by atoms with E-state index < -0.39 is 0 Å². The molecule has 33 heavy (non-hydrogen) atoms. The number of anilines is 1. The highest BCUT2D eigenvalue weighted by atomic mass is 35.5. The molecule has 6 nitrogen and oxygen atoms in total. The highest BCUT2D eigenvalue weighted by Gasteiger charge is 2.25. The zero-order chi connectivity index (χ0) is 23.0. The molecule has 0 saturated heterocycles. The number of para-hydroxylation sites is 2. The third kappa shape index (κ3) is 6.56. The highest BCUT2D eigenvalue weighted by molar-refractivity contribution is 6.30. The van der Waals surface area contributed by atoms with Gasteiger partial charge in [-0.05, 0) is 53.9 Å². The Labute approximate surface area is 199 Å². The second-order valence-electron chi connectivity index (χ2n) is 8.05. The van der Waals surface area contributed by atoms with Gasteiger partial charge in [-0.3, -0.25) is 4.99 Å². The summed E-state index contributed by atoms with van der Waals surface area (Å²) >= 11 is 6.05. The van der Waals surface area contributed by atoms with Gasteiger partial charge >= 0.3 is 0 Å². The minimum atomic E-state index is 0.0473. The lowest BCUT2D eigenvalue weighted by Crippen LogP contribution is -2.40. The number of ether oxygens (including phenoxy) is 2. The van der Waals surface area contributed by atoms with Gasteiger partial charge in [0.15, 0.2) is 5.96 Å². The first-order valence-corrected chi connectivity index (χ1v) is 11.5. The predicted molar refractivity (Wildman–Crippen MR) is 134 cm³/mol. The maximum Gasteiger partial charge on any atom is 0.185 e. The third-order valence-electron chi connectivity index (χ3n) is 5.54. The summed E-state index contributed by atoms with van der Waals surface area (Å²) in [6.45, 7) is 2.76. The van der Waals surface area contributed by atoms with Crippen LogP contribution in [0.5, 0.6) is 11.5 Å². The molecule has 0 fully saturated rings. The van der Waals surface area contributed by atoms with Gasteiger partial charge < -0.3 is 25.8 Å². The van der Waals surface area contributed by atoms with Crippen molar-refractivity contribution in [2.45, 2.75) is 25.5 Å². The second kappa shape index (κ2) is 11.0. The minimum absolute atomic E-state index is 0.0473. The molecule has 4 N–H and O–H groups in total. The molecule has 3 aromatic carbocycles. The van der Waals surface area contributed by atoms with Crippen molar-refractivity contribution in [1.29, 1.82) is 0 Å². The molecule has 1 heterocycles. The van der Waals surface area contributed by atoms with Gasteiger partial charge in [-0.1, -0.05) is 48.0 Å². The van der Waals surface area contributed by atoms with Crippen molar-refractivity contribution >= 4 is 23.2 Å². The lowest BCUT2D eigenvalue weighted by atomic mass is 10.1. The van der Waals surface area contributed by atoms with E-state index in [0.29, 0.717) is 13.2 Å². The normalized spacial score (nSPS) is 14.8. The number of aliphatic imine (C=N–C) groups is 1. The SMILES string of the molecule is NC(N)=NCCc1ccc(OCCC2CN(Cc3ccc(Cl)cc3)c3ccccc3O2)cc1. The number of nitrogens with two attached hydrogens (primary N) is 2. The molecule has 0 bridgehead atoms. The summed E-state index contributed by atoms with van der Waals surface area (Å²) in [5.41, 5.74) is 14.2. The van der Waals surface area contributed by atoms with Gasteiger partial charge in [0.05, 0.1) is 18.8 Å². The Morgan fingerprint density at radius 2 is 1.73 bits per heavy atom. The van der Waals surface area contributed by atoms with Crippen LogP contribution in [0.15, 0.2) is 77.8 Å². The van der Waals surface area contributed by atoms with E-state index in [9.17, 15) is 0 Å². The fraction of sp³-hybridized carbons (Fsp3) is 0.269. The summed E-state index contributed by atoms with van der Waals surface area (Å²) in [6, 6.07) is 24.2. The molecule has 1 aliphatic heterocycles. The van der Waals surface area contributed by atoms with Crippen molar-refractivity contribution in [1.82, 2.24) is 0 Å². The number of halogens is 1. The summed E-state index contributed by atoms with van der Waals surface area (Å²) in [5.74, 6) is 1.87. The fourth-order valence-electron chi connectivity index (χ4n) is 3.86. The highest BCUT2D eigenvalue weighted by Crippen LogP contribution is 2.34. The first-order valence-electron chi connectivity index (χ1n) is 11.1. The summed E-state index contributed by atoms with van der Waals surface area (Å²) in [4.78, 5) is 6.37. The molecule has 3 aromatic rings. The molecule has 4 rings (SSSR count). The average Bonchev–Trinajstić information content (AvgIpc) is 2.81. The molecule has 0 aliphatic carbocycles. The molecule has 0 saturated carbocycles. The van der Waals surface area contributed by atoms with E-state index in [1.807, 2.05) is 54.6 Å². The maximum atomic E-state index is 6.26. The van der Waals surface area contributed by atoms with E-state index in [1.165, 1.54) is 5.56 Å². The van der Waals surface area contributed by atoms with E-state index in [4.69, 9.17) is 32.5 Å². The molecule has 0 aromatic heterocycles. The van der Waals surface area contributed by atoms with Crippen molar-refractivity contribution in [2.75, 3.05) is 24.6 Å². The molecule has 0 spiro atoms. The van der Waals surface area contributed by atoms with Crippen LogP contribution >= 0.6 is 11.6 Å². The molecular formula is C26H29ClN4O2. The number of hydrogen-bond acceptors (Lipinski definition) is 4. The Bertz CT molecular complexity index is 1070. The van der Waals surface area contributed by atoms with Crippen molar-refractivity contribution in [3.05, 3.63) is 88.9 Å². The standard InChI is InChI=1S/C26H29ClN4O2/c27-21-9-5-20(6-10-21)17-31-18-23(33-25-4-2-1-3-24(25)31)14-16-32-22-11-7-19(8-12-22)13-15-30-26(28)29/h1-12,23H,13-18H2,(H4,28,29,30). The lowest BCUT2D eigenvalue weighted by Gasteiger charge is -2.36. The van der Waals surface area contributed by atoms with E-state index in [1.54, 1.807) is 0 Å². The molecule has 1 unspecified atom stereocenters. The van der Waals surface area contributed by atoms with Gasteiger partial charge in [0.1, 0.15) is 17.6 Å². The van der Waals surface area contributed by atoms with Crippen LogP contribution in [0, 0.1) is 0 Å². The van der Waals surface area contributed by atoms with Crippen LogP contribution in [-0.2, 0) is 13.0 Å². The third-order valence-corrected chi connectivity index (χ3v) is 5.79. The molecule has 172 valence electrons. The smallest absolute Gasteiger partial charge is 0.185 e. The zero-order valence-corrected chi connectivity index (χ0v) is 19.2. The Morgan fingerprint density at radius 3 is 2.48 bits per heavy atom. The average molecular weight is 465 g/mol. The quantitative estimate of drug-likeness (QED) is 0.362. The number of nitrogens with zero attached hydrogens (tertiary/aromatic N) is 2. The van der Waals surface area contributed by atoms with Crippen molar-refractivity contribution < 1.29 is 9.47 Å². The number of guanidine groups is 1. The monoisotopic (exact) mass is 464 g/mol. The summed E-state index contributed by atoms with van der Waals surface area (Å²) in [5, 5.41) is 0.748. The Kier molecular flexibility index (Phi) is 7.58. The second-order valence-corrected chi connectivity index (χ2v) is 8.49. The van der Waals surface area contributed by atoms with E-state index >= 15 is 0 Å². The number of fused-ring (bicyclic) bond motifs is 1. The summed E-state index contributed by atoms with van der Waals surface area (Å²) in [6.07, 6.45) is 1.63. The maximum absolute atomic E-state index is 6.26. The van der Waals surface area contributed by atoms with E-state index in [2.05, 4.69) is 28.1 Å². The van der Waals surface area contributed by atoms with Crippen LogP contribution in [0.25, 0.3) is 0 Å². The fourth-order valence-corrected chi connectivity index (χ4v) is 3.99. The Balaban J connectivity index is 1.32. The molecule has 0 radical (unpaired) electrons. The van der Waals surface area contributed by atoms with Gasteiger partial charge in [-0.25, -0.2) is 0 Å². The van der Waals surface area contributed by atoms with Crippen LogP contribution in [-0.4, -0.2) is 31.8 Å². The Morgan fingerprint density at radius 1 is 1.00 bits per heavy atom. The number of benzene rings is 3. The van der Waals surface area contributed by atoms with Crippen LogP contribution < -0.4 is 25.8 Å². The summed E-state index contributed by atoms with van der Waals surface area (Å²) < 4.78 is 12.2. The Hall–Kier alpha value is -3.38. The van der Waals surface area contributed by atoms with Crippen LogP contribution in [0.3, 0.4) is 0 Å². The molecule has 7 heteroatoms. The molecular weight excluding hydrogens is 436 g/mol. The zero-order valence-electron chi connectivity index (χ0n) is 18.5. The van der Waals surface area contributed by atoms with Crippen LogP contribution in [0.2, 0.25) is 5.02 Å². The number of hydrogen-bond donors (Lipinski definition) is 2. The van der Waals surface area contributed by atoms with E-state index in [0.717, 1.165) is 53.7 Å². The van der Waals surface area contributed by atoms with Gasteiger partial charge in [0, 0.05) is 24.5 Å². The van der Waals surface area contributed by atoms with Crippen LogP contribution in [0.4, 0.5) is 5.69 Å². The topological polar surface area (TPSA) is 86.1 Å². The predicted octanol–water partition coefficient (Wildman–Crippen LogP) is 4.39. The van der Waals surface area contributed by atoms with Gasteiger partial charge in [-0.2, -0.15) is 0 Å². The van der Waals surface area contributed by atoms with Crippen molar-refractivity contribution in [2.24, 2.45) is 16.5 Å². The largest absolute Gasteiger partial charge is 0.493 e. The number of rotatable bonds is 9. The van der Waals surface area contributed by atoms with E-state index in [-0.39, 0.29) is 12.1 Å². The summed E-state index contributed by atoms with van der Waals surface area (Å²) in [7, 11) is 0. The van der Waals surface area contributed by atoms with Gasteiger partial charge in [-0.15, -0.1) is 0 Å². The van der Waals surface area contributed by atoms with Gasteiger partial charge in [0.25, 0.3) is 0 Å². The van der Waals surface area contributed by atoms with Crippen molar-refractivity contribution in [3.63, 3.8) is 0 Å². The minimum Gasteiger partial charge on any atom is -0.493 e. The van der Waals surface area contributed by atoms with Gasteiger partial charge in [0.2, 0.25) is 0 Å². The molecule has 1 aliphatic rings.